The van der Waals surface area contributed by atoms with E-state index in [-0.39, 0.29) is 23.5 Å². The summed E-state index contributed by atoms with van der Waals surface area (Å²) in [7, 11) is 1.71. The lowest BCUT2D eigenvalue weighted by Crippen LogP contribution is -2.61. The molecule has 0 aromatic carbocycles. The van der Waals surface area contributed by atoms with Crippen LogP contribution in [0.2, 0.25) is 0 Å². The summed E-state index contributed by atoms with van der Waals surface area (Å²) in [6.07, 6.45) is 1.04. The highest BCUT2D eigenvalue weighted by Crippen LogP contribution is 2.42. The van der Waals surface area contributed by atoms with E-state index in [4.69, 9.17) is 4.74 Å². The van der Waals surface area contributed by atoms with E-state index in [9.17, 15) is 4.79 Å². The number of nitrogens with one attached hydrogen (secondary N) is 2. The second-order valence-electron chi connectivity index (χ2n) is 5.25. The molecule has 106 valence electrons. The van der Waals surface area contributed by atoms with Crippen LogP contribution in [-0.2, 0) is 4.74 Å². The predicted molar refractivity (Wildman–Crippen MR) is 74.5 cm³/mol. The second kappa shape index (κ2) is 5.42. The van der Waals surface area contributed by atoms with Crippen LogP contribution in [0.3, 0.4) is 0 Å². The molecule has 2 rings (SSSR count). The first kappa shape index (κ1) is 14.2. The highest BCUT2D eigenvalue weighted by molar-refractivity contribution is 7.17. The van der Waals surface area contributed by atoms with Gasteiger partial charge in [-0.2, -0.15) is 0 Å². The molecule has 1 heterocycles. The standard InChI is InChI=1S/C12H20N4O2S/c1-5-13-11-16-15-10(19-11)9(17)14-7-6-8(18-4)12(7,2)3/h7-8H,5-6H2,1-4H3,(H,13,16)(H,14,17). The number of hydrogen-bond acceptors (Lipinski definition) is 6. The van der Waals surface area contributed by atoms with Crippen molar-refractivity contribution >= 4 is 22.4 Å². The van der Waals surface area contributed by atoms with Gasteiger partial charge in [0, 0.05) is 25.1 Å². The number of hydrogen-bond donors (Lipinski definition) is 2. The van der Waals surface area contributed by atoms with Gasteiger partial charge in [0.15, 0.2) is 0 Å². The third-order valence-corrected chi connectivity index (χ3v) is 4.59. The molecule has 0 radical (unpaired) electrons. The average molecular weight is 284 g/mol. The Labute approximate surface area is 116 Å². The van der Waals surface area contributed by atoms with Gasteiger partial charge in [0.25, 0.3) is 5.91 Å². The lowest BCUT2D eigenvalue weighted by molar-refractivity contribution is -0.0942. The van der Waals surface area contributed by atoms with Crippen molar-refractivity contribution in [3.05, 3.63) is 5.01 Å². The van der Waals surface area contributed by atoms with Crippen molar-refractivity contribution < 1.29 is 9.53 Å². The molecule has 2 unspecified atom stereocenters. The van der Waals surface area contributed by atoms with Crippen LogP contribution in [-0.4, -0.2) is 41.9 Å². The highest BCUT2D eigenvalue weighted by Gasteiger charge is 2.49. The molecule has 1 saturated carbocycles. The Morgan fingerprint density at radius 3 is 2.84 bits per heavy atom. The van der Waals surface area contributed by atoms with Crippen LogP contribution in [0, 0.1) is 5.41 Å². The zero-order chi connectivity index (χ0) is 14.0. The Balaban J connectivity index is 1.94. The third-order valence-electron chi connectivity index (χ3n) is 3.71. The van der Waals surface area contributed by atoms with Crippen LogP contribution in [0.4, 0.5) is 5.13 Å². The van der Waals surface area contributed by atoms with E-state index in [0.29, 0.717) is 10.1 Å². The molecule has 1 amide bonds. The van der Waals surface area contributed by atoms with Gasteiger partial charge in [0.1, 0.15) is 0 Å². The van der Waals surface area contributed by atoms with Crippen molar-refractivity contribution in [2.45, 2.75) is 39.3 Å². The van der Waals surface area contributed by atoms with Gasteiger partial charge >= 0.3 is 0 Å². The lowest BCUT2D eigenvalue weighted by Gasteiger charge is -2.51. The smallest absolute Gasteiger partial charge is 0.282 e. The highest BCUT2D eigenvalue weighted by atomic mass is 32.1. The number of nitrogens with zero attached hydrogens (tertiary/aromatic N) is 2. The van der Waals surface area contributed by atoms with Gasteiger partial charge in [0.05, 0.1) is 6.10 Å². The van der Waals surface area contributed by atoms with Crippen molar-refractivity contribution in [3.8, 4) is 0 Å². The van der Waals surface area contributed by atoms with Crippen LogP contribution in [0.15, 0.2) is 0 Å². The maximum absolute atomic E-state index is 12.1. The normalized spacial score (nSPS) is 24.6. The van der Waals surface area contributed by atoms with Crippen molar-refractivity contribution in [3.63, 3.8) is 0 Å². The van der Waals surface area contributed by atoms with Crippen LogP contribution >= 0.6 is 11.3 Å². The van der Waals surface area contributed by atoms with E-state index in [1.165, 1.54) is 11.3 Å². The molecule has 19 heavy (non-hydrogen) atoms. The molecule has 0 bridgehead atoms. The van der Waals surface area contributed by atoms with Crippen LogP contribution in [0.1, 0.15) is 37.0 Å². The zero-order valence-corrected chi connectivity index (χ0v) is 12.5. The van der Waals surface area contributed by atoms with Crippen molar-refractivity contribution in [1.82, 2.24) is 15.5 Å². The molecule has 2 atom stereocenters. The van der Waals surface area contributed by atoms with E-state index < -0.39 is 0 Å². The maximum Gasteiger partial charge on any atom is 0.282 e. The fraction of sp³-hybridized carbons (Fsp3) is 0.750. The van der Waals surface area contributed by atoms with Crippen LogP contribution < -0.4 is 10.6 Å². The van der Waals surface area contributed by atoms with Crippen molar-refractivity contribution in [1.29, 1.82) is 0 Å². The minimum Gasteiger partial charge on any atom is -0.381 e. The molecule has 6 nitrogen and oxygen atoms in total. The van der Waals surface area contributed by atoms with Crippen LogP contribution in [0.25, 0.3) is 0 Å². The molecular formula is C12H20N4O2S. The molecule has 0 saturated heterocycles. The van der Waals surface area contributed by atoms with Crippen molar-refractivity contribution in [2.24, 2.45) is 5.41 Å². The summed E-state index contributed by atoms with van der Waals surface area (Å²) < 4.78 is 5.37. The summed E-state index contributed by atoms with van der Waals surface area (Å²) >= 11 is 1.27. The molecule has 1 aromatic heterocycles. The number of ether oxygens (including phenoxy) is 1. The Bertz CT molecular complexity index is 460. The first-order valence-electron chi connectivity index (χ1n) is 6.40. The Kier molecular flexibility index (Phi) is 4.05. The molecule has 2 N–H and O–H groups in total. The monoisotopic (exact) mass is 284 g/mol. The van der Waals surface area contributed by atoms with E-state index >= 15 is 0 Å². The molecule has 1 aromatic rings. The molecule has 0 aliphatic heterocycles. The Morgan fingerprint density at radius 2 is 2.26 bits per heavy atom. The number of anilines is 1. The van der Waals surface area contributed by atoms with E-state index in [1.807, 2.05) is 6.92 Å². The van der Waals surface area contributed by atoms with Crippen molar-refractivity contribution in [2.75, 3.05) is 19.0 Å². The summed E-state index contributed by atoms with van der Waals surface area (Å²) in [4.78, 5) is 12.1. The molecule has 1 aliphatic rings. The molecule has 1 fully saturated rings. The van der Waals surface area contributed by atoms with Gasteiger partial charge in [-0.1, -0.05) is 25.2 Å². The topological polar surface area (TPSA) is 76.1 Å². The minimum absolute atomic E-state index is 0.0421. The Hall–Kier alpha value is -1.21. The number of amides is 1. The van der Waals surface area contributed by atoms with Crippen LogP contribution in [0.5, 0.6) is 0 Å². The average Bonchev–Trinajstić information content (AvgIpc) is 2.82. The van der Waals surface area contributed by atoms with E-state index in [1.54, 1.807) is 7.11 Å². The number of methoxy groups -OCH3 is 1. The first-order valence-corrected chi connectivity index (χ1v) is 7.21. The largest absolute Gasteiger partial charge is 0.381 e. The summed E-state index contributed by atoms with van der Waals surface area (Å²) in [6.45, 7) is 6.93. The van der Waals surface area contributed by atoms with E-state index in [2.05, 4.69) is 34.7 Å². The van der Waals surface area contributed by atoms with Gasteiger partial charge < -0.3 is 15.4 Å². The number of carbonyl (C=O) groups excluding carboxylic acids is 1. The summed E-state index contributed by atoms with van der Waals surface area (Å²) in [5, 5.41) is 14.9. The van der Waals surface area contributed by atoms with Gasteiger partial charge in [-0.3, -0.25) is 4.79 Å². The number of carbonyl (C=O) groups is 1. The SMILES string of the molecule is CCNc1nnc(C(=O)NC2CC(OC)C2(C)C)s1. The summed E-state index contributed by atoms with van der Waals surface area (Å²) in [5.41, 5.74) is -0.0421. The van der Waals surface area contributed by atoms with Gasteiger partial charge in [-0.05, 0) is 13.3 Å². The van der Waals surface area contributed by atoms with Gasteiger partial charge in [0.2, 0.25) is 10.1 Å². The Morgan fingerprint density at radius 1 is 1.53 bits per heavy atom. The zero-order valence-electron chi connectivity index (χ0n) is 11.7. The first-order chi connectivity index (χ1) is 8.98. The predicted octanol–water partition coefficient (Wildman–Crippen LogP) is 1.51. The van der Waals surface area contributed by atoms with Gasteiger partial charge in [-0.15, -0.1) is 10.2 Å². The number of rotatable bonds is 5. The molecule has 0 spiro atoms. The molecule has 1 aliphatic carbocycles. The number of aromatic nitrogens is 2. The maximum atomic E-state index is 12.1. The summed E-state index contributed by atoms with van der Waals surface area (Å²) in [6, 6.07) is 0.122. The fourth-order valence-electron chi connectivity index (χ4n) is 2.29. The summed E-state index contributed by atoms with van der Waals surface area (Å²) in [5.74, 6) is -0.158. The van der Waals surface area contributed by atoms with Gasteiger partial charge in [-0.25, -0.2) is 0 Å². The quantitative estimate of drug-likeness (QED) is 0.857. The molecule has 7 heteroatoms. The fourth-order valence-corrected chi connectivity index (χ4v) is 3.00. The lowest BCUT2D eigenvalue weighted by atomic mass is 9.64. The molecular weight excluding hydrogens is 264 g/mol. The third kappa shape index (κ3) is 2.71. The minimum atomic E-state index is -0.158. The second-order valence-corrected chi connectivity index (χ2v) is 6.23. The van der Waals surface area contributed by atoms with E-state index in [0.717, 1.165) is 13.0 Å².